The largest absolute Gasteiger partial charge is 0.398 e. The molecule has 1 aromatic rings. The molecule has 0 unspecified atom stereocenters. The lowest BCUT2D eigenvalue weighted by atomic mass is 10.1. The standard InChI is InChI=1S/C13H21N3O3S/c1-9-6-7-11(14)10(2)13(9)20(18,19)16-8-4-3-5-12(15)17/h6-7,16H,3-5,8,14H2,1-2H3,(H2,15,17). The Balaban J connectivity index is 2.75. The molecule has 20 heavy (non-hydrogen) atoms. The SMILES string of the molecule is Cc1ccc(N)c(C)c1S(=O)(=O)NCCCCC(N)=O. The molecular weight excluding hydrogens is 278 g/mol. The van der Waals surface area contributed by atoms with Crippen LogP contribution in [0.25, 0.3) is 0 Å². The molecule has 1 rings (SSSR count). The van der Waals surface area contributed by atoms with Crippen molar-refractivity contribution in [1.82, 2.24) is 4.72 Å². The van der Waals surface area contributed by atoms with E-state index in [4.69, 9.17) is 11.5 Å². The molecule has 0 aliphatic heterocycles. The summed E-state index contributed by atoms with van der Waals surface area (Å²) in [5.74, 6) is -0.379. The van der Waals surface area contributed by atoms with E-state index in [1.807, 2.05) is 0 Å². The molecule has 0 saturated carbocycles. The van der Waals surface area contributed by atoms with Gasteiger partial charge in [-0.15, -0.1) is 0 Å². The Kier molecular flexibility index (Phi) is 5.52. The smallest absolute Gasteiger partial charge is 0.241 e. The van der Waals surface area contributed by atoms with E-state index in [-0.39, 0.29) is 23.8 Å². The number of nitrogens with two attached hydrogens (primary N) is 2. The van der Waals surface area contributed by atoms with Gasteiger partial charge in [0.25, 0.3) is 0 Å². The van der Waals surface area contributed by atoms with Gasteiger partial charge in [-0.25, -0.2) is 13.1 Å². The first-order valence-corrected chi connectivity index (χ1v) is 7.87. The Hall–Kier alpha value is -1.60. The van der Waals surface area contributed by atoms with Crippen molar-refractivity contribution in [2.75, 3.05) is 12.3 Å². The first-order chi connectivity index (χ1) is 9.25. The van der Waals surface area contributed by atoms with E-state index in [0.29, 0.717) is 29.7 Å². The number of carbonyl (C=O) groups is 1. The van der Waals surface area contributed by atoms with Crippen molar-refractivity contribution >= 4 is 21.6 Å². The summed E-state index contributed by atoms with van der Waals surface area (Å²) < 4.78 is 27.1. The predicted octanol–water partition coefficient (Wildman–Crippen LogP) is 0.820. The van der Waals surface area contributed by atoms with Crippen molar-refractivity contribution in [3.05, 3.63) is 23.3 Å². The third kappa shape index (κ3) is 4.21. The molecule has 0 radical (unpaired) electrons. The molecule has 7 heteroatoms. The fourth-order valence-corrected chi connectivity index (χ4v) is 3.53. The fourth-order valence-electron chi connectivity index (χ4n) is 1.96. The Morgan fingerprint density at radius 3 is 2.50 bits per heavy atom. The Morgan fingerprint density at radius 2 is 1.90 bits per heavy atom. The number of primary amides is 1. The predicted molar refractivity (Wildman–Crippen MR) is 78.6 cm³/mol. The average molecular weight is 299 g/mol. The maximum atomic E-state index is 12.3. The van der Waals surface area contributed by atoms with Crippen LogP contribution >= 0.6 is 0 Å². The lowest BCUT2D eigenvalue weighted by Crippen LogP contribution is -2.26. The lowest BCUT2D eigenvalue weighted by molar-refractivity contribution is -0.118. The zero-order valence-corrected chi connectivity index (χ0v) is 12.6. The van der Waals surface area contributed by atoms with Crippen molar-refractivity contribution in [3.63, 3.8) is 0 Å². The topological polar surface area (TPSA) is 115 Å². The van der Waals surface area contributed by atoms with Crippen LogP contribution in [0.5, 0.6) is 0 Å². The van der Waals surface area contributed by atoms with Crippen molar-refractivity contribution < 1.29 is 13.2 Å². The molecule has 0 fully saturated rings. The van der Waals surface area contributed by atoms with E-state index in [1.54, 1.807) is 26.0 Å². The zero-order valence-electron chi connectivity index (χ0n) is 11.8. The first-order valence-electron chi connectivity index (χ1n) is 6.39. The molecule has 0 aliphatic carbocycles. The fraction of sp³-hybridized carbons (Fsp3) is 0.462. The molecular formula is C13H21N3O3S. The highest BCUT2D eigenvalue weighted by Crippen LogP contribution is 2.24. The summed E-state index contributed by atoms with van der Waals surface area (Å²) in [4.78, 5) is 10.8. The number of nitrogen functional groups attached to an aromatic ring is 1. The second-order valence-electron chi connectivity index (χ2n) is 4.75. The van der Waals surface area contributed by atoms with Gasteiger partial charge in [-0.1, -0.05) is 6.07 Å². The number of hydrogen-bond donors (Lipinski definition) is 3. The van der Waals surface area contributed by atoms with Crippen LogP contribution in [-0.2, 0) is 14.8 Å². The second kappa shape index (κ2) is 6.71. The molecule has 0 aromatic heterocycles. The van der Waals surface area contributed by atoms with Gasteiger partial charge in [-0.05, 0) is 43.9 Å². The van der Waals surface area contributed by atoms with E-state index >= 15 is 0 Å². The van der Waals surface area contributed by atoms with E-state index in [2.05, 4.69) is 4.72 Å². The minimum Gasteiger partial charge on any atom is -0.398 e. The van der Waals surface area contributed by atoms with Gasteiger partial charge >= 0.3 is 0 Å². The molecule has 112 valence electrons. The Bertz CT molecular complexity index is 597. The van der Waals surface area contributed by atoms with Crippen LogP contribution in [0, 0.1) is 13.8 Å². The molecule has 1 aromatic carbocycles. The number of sulfonamides is 1. The second-order valence-corrected chi connectivity index (χ2v) is 6.45. The number of unbranched alkanes of at least 4 members (excludes halogenated alkanes) is 1. The normalized spacial score (nSPS) is 11.5. The zero-order chi connectivity index (χ0) is 15.3. The number of anilines is 1. The quantitative estimate of drug-likeness (QED) is 0.510. The monoisotopic (exact) mass is 299 g/mol. The molecule has 5 N–H and O–H groups in total. The van der Waals surface area contributed by atoms with Gasteiger partial charge < -0.3 is 11.5 Å². The maximum absolute atomic E-state index is 12.3. The Morgan fingerprint density at radius 1 is 1.25 bits per heavy atom. The summed E-state index contributed by atoms with van der Waals surface area (Å²) in [6.07, 6.45) is 1.38. The van der Waals surface area contributed by atoms with E-state index in [9.17, 15) is 13.2 Å². The van der Waals surface area contributed by atoms with Crippen LogP contribution in [0.2, 0.25) is 0 Å². The van der Waals surface area contributed by atoms with Crippen molar-refractivity contribution in [3.8, 4) is 0 Å². The summed E-state index contributed by atoms with van der Waals surface area (Å²) in [6, 6.07) is 3.38. The summed E-state index contributed by atoms with van der Waals surface area (Å²) >= 11 is 0. The summed E-state index contributed by atoms with van der Waals surface area (Å²) in [7, 11) is -3.59. The van der Waals surface area contributed by atoms with Crippen molar-refractivity contribution in [2.45, 2.75) is 38.0 Å². The first kappa shape index (κ1) is 16.5. The lowest BCUT2D eigenvalue weighted by Gasteiger charge is -2.13. The van der Waals surface area contributed by atoms with Gasteiger partial charge in [-0.2, -0.15) is 0 Å². The molecule has 0 heterocycles. The minimum atomic E-state index is -3.59. The third-order valence-electron chi connectivity index (χ3n) is 3.06. The number of carbonyl (C=O) groups excluding carboxylic acids is 1. The van der Waals surface area contributed by atoms with Crippen LogP contribution in [0.3, 0.4) is 0 Å². The molecule has 0 aliphatic rings. The number of nitrogens with one attached hydrogen (secondary N) is 1. The van der Waals surface area contributed by atoms with Gasteiger partial charge in [-0.3, -0.25) is 4.79 Å². The highest BCUT2D eigenvalue weighted by Gasteiger charge is 2.20. The average Bonchev–Trinajstić information content (AvgIpc) is 2.33. The molecule has 0 atom stereocenters. The molecule has 0 spiro atoms. The van der Waals surface area contributed by atoms with Crippen LogP contribution < -0.4 is 16.2 Å². The number of hydrogen-bond acceptors (Lipinski definition) is 4. The summed E-state index contributed by atoms with van der Waals surface area (Å²) in [5, 5.41) is 0. The van der Waals surface area contributed by atoms with E-state index in [1.165, 1.54) is 0 Å². The van der Waals surface area contributed by atoms with E-state index in [0.717, 1.165) is 0 Å². The third-order valence-corrected chi connectivity index (χ3v) is 4.81. The minimum absolute atomic E-state index is 0.229. The maximum Gasteiger partial charge on any atom is 0.241 e. The highest BCUT2D eigenvalue weighted by molar-refractivity contribution is 7.89. The van der Waals surface area contributed by atoms with Crippen molar-refractivity contribution in [2.24, 2.45) is 5.73 Å². The number of rotatable bonds is 7. The molecule has 6 nitrogen and oxygen atoms in total. The van der Waals surface area contributed by atoms with Gasteiger partial charge in [0.1, 0.15) is 0 Å². The van der Waals surface area contributed by atoms with Gasteiger partial charge in [0.15, 0.2) is 0 Å². The van der Waals surface area contributed by atoms with E-state index < -0.39 is 10.0 Å². The molecule has 0 bridgehead atoms. The van der Waals surface area contributed by atoms with Gasteiger partial charge in [0.05, 0.1) is 4.90 Å². The molecule has 1 amide bonds. The van der Waals surface area contributed by atoms with Crippen LogP contribution in [0.15, 0.2) is 17.0 Å². The summed E-state index contributed by atoms with van der Waals surface area (Å²) in [6.45, 7) is 3.68. The van der Waals surface area contributed by atoms with Gasteiger partial charge in [0, 0.05) is 18.7 Å². The van der Waals surface area contributed by atoms with Gasteiger partial charge in [0.2, 0.25) is 15.9 Å². The molecule has 0 saturated heterocycles. The number of benzene rings is 1. The van der Waals surface area contributed by atoms with Crippen molar-refractivity contribution in [1.29, 1.82) is 0 Å². The van der Waals surface area contributed by atoms with Crippen LogP contribution in [0.1, 0.15) is 30.4 Å². The number of aryl methyl sites for hydroxylation is 1. The van der Waals surface area contributed by atoms with Crippen LogP contribution in [0.4, 0.5) is 5.69 Å². The Labute approximate surface area is 119 Å². The van der Waals surface area contributed by atoms with Crippen LogP contribution in [-0.4, -0.2) is 20.9 Å². The highest BCUT2D eigenvalue weighted by atomic mass is 32.2. The number of amides is 1. The summed E-state index contributed by atoms with van der Waals surface area (Å²) in [5.41, 5.74) is 12.4.